The molecule has 0 fully saturated rings. The van der Waals surface area contributed by atoms with E-state index in [-0.39, 0.29) is 11.4 Å². The number of alkyl halides is 3. The van der Waals surface area contributed by atoms with E-state index in [0.29, 0.717) is 17.7 Å². The van der Waals surface area contributed by atoms with Crippen molar-refractivity contribution >= 4 is 21.6 Å². The van der Waals surface area contributed by atoms with Gasteiger partial charge < -0.3 is 5.32 Å². The zero-order valence-electron chi connectivity index (χ0n) is 14.6. The lowest BCUT2D eigenvalue weighted by Crippen LogP contribution is -2.49. The van der Waals surface area contributed by atoms with E-state index in [1.807, 2.05) is 0 Å². The summed E-state index contributed by atoms with van der Waals surface area (Å²) in [5.41, 5.74) is 0.215. The maximum atomic E-state index is 13.1. The number of nitrogens with one attached hydrogen (secondary N) is 1. The monoisotopic (exact) mass is 410 g/mol. The van der Waals surface area contributed by atoms with Gasteiger partial charge in [-0.2, -0.15) is 13.2 Å². The summed E-state index contributed by atoms with van der Waals surface area (Å²) in [6, 6.07) is 9.65. The van der Waals surface area contributed by atoms with Gasteiger partial charge in [0.2, 0.25) is 5.91 Å². The first kappa shape index (κ1) is 19.9. The summed E-state index contributed by atoms with van der Waals surface area (Å²) in [6.07, 6.45) is -3.04. The van der Waals surface area contributed by atoms with Gasteiger partial charge in [-0.1, -0.05) is 24.8 Å². The fraction of sp³-hybridized carbons (Fsp3) is 0.211. The summed E-state index contributed by atoms with van der Waals surface area (Å²) >= 11 is 0. The minimum Gasteiger partial charge on any atom is -0.348 e. The molecule has 1 atom stereocenters. The Morgan fingerprint density at radius 3 is 2.39 bits per heavy atom. The molecule has 148 valence electrons. The normalized spacial score (nSPS) is 17.0. The van der Waals surface area contributed by atoms with Crippen LogP contribution >= 0.6 is 0 Å². The fourth-order valence-corrected chi connectivity index (χ4v) is 4.63. The molecule has 1 unspecified atom stereocenters. The van der Waals surface area contributed by atoms with Crippen LogP contribution in [0.1, 0.15) is 11.1 Å². The largest absolute Gasteiger partial charge is 0.416 e. The molecule has 0 bridgehead atoms. The molecule has 0 radical (unpaired) electrons. The number of carbonyl (C=O) groups excluding carboxylic acids is 1. The van der Waals surface area contributed by atoms with E-state index in [1.54, 1.807) is 24.3 Å². The zero-order chi connectivity index (χ0) is 20.5. The van der Waals surface area contributed by atoms with Gasteiger partial charge in [0.1, 0.15) is 0 Å². The van der Waals surface area contributed by atoms with Crippen LogP contribution in [0.3, 0.4) is 0 Å². The van der Waals surface area contributed by atoms with Crippen molar-refractivity contribution in [3.8, 4) is 0 Å². The lowest BCUT2D eigenvalue weighted by Gasteiger charge is -2.35. The molecule has 5 nitrogen and oxygen atoms in total. The van der Waals surface area contributed by atoms with Gasteiger partial charge in [0.05, 0.1) is 28.7 Å². The number of anilines is 1. The number of sulfonamides is 1. The molecule has 2 aromatic rings. The van der Waals surface area contributed by atoms with E-state index >= 15 is 0 Å². The number of benzene rings is 2. The Hall–Kier alpha value is -2.81. The average molecular weight is 410 g/mol. The minimum atomic E-state index is -4.56. The summed E-state index contributed by atoms with van der Waals surface area (Å²) in [5.74, 6) is -0.434. The molecular formula is C19H17F3N2O3S. The van der Waals surface area contributed by atoms with E-state index in [4.69, 9.17) is 0 Å². The van der Waals surface area contributed by atoms with E-state index in [1.165, 1.54) is 0 Å². The SMILES string of the molecule is C=CC(=O)NC1Cc2ccccc2N(S(=O)(=O)c2ccc(C(F)(F)F)cc2)C1. The van der Waals surface area contributed by atoms with Crippen molar-refractivity contribution in [2.75, 3.05) is 10.8 Å². The third-order valence-electron chi connectivity index (χ3n) is 4.41. The van der Waals surface area contributed by atoms with Gasteiger partial charge in [-0.3, -0.25) is 9.10 Å². The number of amides is 1. The predicted octanol–water partition coefficient (Wildman–Crippen LogP) is 3.13. The minimum absolute atomic E-state index is 0.0417. The molecule has 1 aliphatic rings. The Labute approximate surface area is 160 Å². The molecule has 0 saturated carbocycles. The van der Waals surface area contributed by atoms with Gasteiger partial charge in [0, 0.05) is 0 Å². The van der Waals surface area contributed by atoms with Crippen molar-refractivity contribution < 1.29 is 26.4 Å². The molecule has 0 spiro atoms. The number of para-hydroxylation sites is 1. The lowest BCUT2D eigenvalue weighted by atomic mass is 10.00. The number of rotatable bonds is 4. The number of fused-ring (bicyclic) bond motifs is 1. The van der Waals surface area contributed by atoms with Gasteiger partial charge >= 0.3 is 6.18 Å². The molecule has 0 saturated heterocycles. The highest BCUT2D eigenvalue weighted by Gasteiger charge is 2.35. The Balaban J connectivity index is 1.99. The first-order chi connectivity index (χ1) is 13.1. The van der Waals surface area contributed by atoms with Crippen molar-refractivity contribution in [1.82, 2.24) is 5.32 Å². The number of hydrogen-bond donors (Lipinski definition) is 1. The highest BCUT2D eigenvalue weighted by atomic mass is 32.2. The number of carbonyl (C=O) groups is 1. The van der Waals surface area contributed by atoms with Gasteiger partial charge in [0.25, 0.3) is 10.0 Å². The van der Waals surface area contributed by atoms with Gasteiger partial charge in [-0.15, -0.1) is 0 Å². The predicted molar refractivity (Wildman–Crippen MR) is 98.2 cm³/mol. The molecule has 1 aliphatic heterocycles. The van der Waals surface area contributed by atoms with Gasteiger partial charge in [-0.25, -0.2) is 8.42 Å². The summed E-state index contributed by atoms with van der Waals surface area (Å²) in [6.45, 7) is 3.34. The van der Waals surface area contributed by atoms with E-state index in [9.17, 15) is 26.4 Å². The topological polar surface area (TPSA) is 66.5 Å². The zero-order valence-corrected chi connectivity index (χ0v) is 15.4. The molecule has 1 amide bonds. The molecule has 1 heterocycles. The van der Waals surface area contributed by atoms with Gasteiger partial charge in [-0.05, 0) is 48.4 Å². The maximum absolute atomic E-state index is 13.1. The second-order valence-corrected chi connectivity index (χ2v) is 8.16. The third-order valence-corrected chi connectivity index (χ3v) is 6.21. The first-order valence-electron chi connectivity index (χ1n) is 8.34. The Bertz CT molecular complexity index is 1000. The van der Waals surface area contributed by atoms with Crippen molar-refractivity contribution in [3.63, 3.8) is 0 Å². The molecule has 2 aromatic carbocycles. The smallest absolute Gasteiger partial charge is 0.348 e. The molecule has 0 aliphatic carbocycles. The lowest BCUT2D eigenvalue weighted by molar-refractivity contribution is -0.137. The summed E-state index contributed by atoms with van der Waals surface area (Å²) in [4.78, 5) is 11.4. The highest BCUT2D eigenvalue weighted by molar-refractivity contribution is 7.92. The van der Waals surface area contributed by atoms with Crippen LogP contribution in [0, 0.1) is 0 Å². The Morgan fingerprint density at radius 1 is 1.14 bits per heavy atom. The second-order valence-electron chi connectivity index (χ2n) is 6.30. The molecule has 9 heteroatoms. The van der Waals surface area contributed by atoms with Crippen LogP contribution in [0.2, 0.25) is 0 Å². The third kappa shape index (κ3) is 3.89. The fourth-order valence-electron chi connectivity index (χ4n) is 3.08. The number of nitrogens with zero attached hydrogens (tertiary/aromatic N) is 1. The molecule has 28 heavy (non-hydrogen) atoms. The van der Waals surface area contributed by atoms with Crippen molar-refractivity contribution in [2.45, 2.75) is 23.5 Å². The van der Waals surface area contributed by atoms with E-state index < -0.39 is 33.7 Å². The molecule has 0 aromatic heterocycles. The van der Waals surface area contributed by atoms with Crippen LogP contribution in [-0.2, 0) is 27.4 Å². The summed E-state index contributed by atoms with van der Waals surface area (Å²) in [5, 5.41) is 2.68. The molecular weight excluding hydrogens is 393 g/mol. The Kier molecular flexibility index (Phi) is 5.20. The summed E-state index contributed by atoms with van der Waals surface area (Å²) in [7, 11) is -4.12. The van der Waals surface area contributed by atoms with Crippen molar-refractivity contribution in [2.24, 2.45) is 0 Å². The van der Waals surface area contributed by atoms with Crippen LogP contribution in [0.25, 0.3) is 0 Å². The summed E-state index contributed by atoms with van der Waals surface area (Å²) < 4.78 is 65.7. The molecule has 3 rings (SSSR count). The quantitative estimate of drug-likeness (QED) is 0.788. The van der Waals surface area contributed by atoms with Gasteiger partial charge in [0.15, 0.2) is 0 Å². The number of hydrogen-bond acceptors (Lipinski definition) is 3. The Morgan fingerprint density at radius 2 is 1.79 bits per heavy atom. The first-order valence-corrected chi connectivity index (χ1v) is 9.78. The van der Waals surface area contributed by atoms with Crippen molar-refractivity contribution in [1.29, 1.82) is 0 Å². The molecule has 1 N–H and O–H groups in total. The van der Waals surface area contributed by atoms with Crippen LogP contribution in [-0.4, -0.2) is 26.9 Å². The standard InChI is InChI=1S/C19H17F3N2O3S/c1-2-18(25)23-15-11-13-5-3-4-6-17(13)24(12-15)28(26,27)16-9-7-14(8-10-16)19(20,21)22/h2-10,15H,1,11-12H2,(H,23,25). The highest BCUT2D eigenvalue weighted by Crippen LogP contribution is 2.34. The van der Waals surface area contributed by atoms with E-state index in [2.05, 4.69) is 11.9 Å². The van der Waals surface area contributed by atoms with Crippen LogP contribution < -0.4 is 9.62 Å². The number of halogens is 3. The van der Waals surface area contributed by atoms with Crippen LogP contribution in [0.15, 0.2) is 66.1 Å². The van der Waals surface area contributed by atoms with E-state index in [0.717, 1.165) is 34.6 Å². The van der Waals surface area contributed by atoms with Crippen LogP contribution in [0.4, 0.5) is 18.9 Å². The maximum Gasteiger partial charge on any atom is 0.416 e. The average Bonchev–Trinajstić information content (AvgIpc) is 2.66. The van der Waals surface area contributed by atoms with Crippen LogP contribution in [0.5, 0.6) is 0 Å². The second kappa shape index (κ2) is 7.31. The van der Waals surface area contributed by atoms with Crippen molar-refractivity contribution in [3.05, 3.63) is 72.3 Å².